The van der Waals surface area contributed by atoms with E-state index in [1.807, 2.05) is 19.1 Å². The number of aromatic nitrogens is 1. The number of rotatable bonds is 2. The summed E-state index contributed by atoms with van der Waals surface area (Å²) in [7, 11) is 1.62. The summed E-state index contributed by atoms with van der Waals surface area (Å²) < 4.78 is 5.05. The Morgan fingerprint density at radius 1 is 1.38 bits per heavy atom. The molecule has 5 heteroatoms. The number of pyridine rings is 1. The molecule has 13 heavy (non-hydrogen) atoms. The molecule has 1 heterocycles. The van der Waals surface area contributed by atoms with Crippen LogP contribution in [0.2, 0.25) is 0 Å². The minimum Gasteiger partial charge on any atom is -0.495 e. The normalized spacial score (nSPS) is 8.23. The van der Waals surface area contributed by atoms with E-state index in [1.165, 1.54) is 0 Å². The lowest BCUT2D eigenvalue weighted by Crippen LogP contribution is -2.03. The average Bonchev–Trinajstić information content (AvgIpc) is 2.04. The third-order valence-corrected chi connectivity index (χ3v) is 1.48. The number of halogens is 2. The molecule has 0 amide bonds. The van der Waals surface area contributed by atoms with E-state index in [-0.39, 0.29) is 24.8 Å². The van der Waals surface area contributed by atoms with Crippen molar-refractivity contribution in [3.63, 3.8) is 0 Å². The van der Waals surface area contributed by atoms with E-state index in [4.69, 9.17) is 10.5 Å². The summed E-state index contributed by atoms with van der Waals surface area (Å²) in [4.78, 5) is 4.21. The van der Waals surface area contributed by atoms with Gasteiger partial charge in [-0.1, -0.05) is 0 Å². The summed E-state index contributed by atoms with van der Waals surface area (Å²) >= 11 is 0. The molecule has 0 aromatic carbocycles. The van der Waals surface area contributed by atoms with Gasteiger partial charge in [-0.15, -0.1) is 24.8 Å². The first kappa shape index (κ1) is 15.0. The Kier molecular flexibility index (Phi) is 8.01. The van der Waals surface area contributed by atoms with Gasteiger partial charge in [0.1, 0.15) is 5.75 Å². The van der Waals surface area contributed by atoms with Crippen molar-refractivity contribution in [1.29, 1.82) is 0 Å². The largest absolute Gasteiger partial charge is 0.495 e. The Morgan fingerprint density at radius 3 is 2.46 bits per heavy atom. The molecule has 0 aliphatic heterocycles. The Balaban J connectivity index is 0. The van der Waals surface area contributed by atoms with Crippen LogP contribution in [0.5, 0.6) is 5.75 Å². The first-order valence-corrected chi connectivity index (χ1v) is 3.48. The van der Waals surface area contributed by atoms with Crippen molar-refractivity contribution >= 4 is 24.8 Å². The van der Waals surface area contributed by atoms with Crippen molar-refractivity contribution in [2.45, 2.75) is 13.5 Å². The monoisotopic (exact) mass is 224 g/mol. The Morgan fingerprint density at radius 2 is 2.00 bits per heavy atom. The van der Waals surface area contributed by atoms with Crippen LogP contribution in [0.15, 0.2) is 12.1 Å². The highest BCUT2D eigenvalue weighted by Gasteiger charge is 2.00. The fraction of sp³-hybridized carbons (Fsp3) is 0.375. The zero-order valence-corrected chi connectivity index (χ0v) is 9.24. The molecule has 0 unspecified atom stereocenters. The summed E-state index contributed by atoms with van der Waals surface area (Å²) in [5, 5.41) is 0. The van der Waals surface area contributed by atoms with Gasteiger partial charge in [-0.05, 0) is 19.1 Å². The summed E-state index contributed by atoms with van der Waals surface area (Å²) in [6.45, 7) is 2.35. The number of methoxy groups -OCH3 is 1. The minimum absolute atomic E-state index is 0. The smallest absolute Gasteiger partial charge is 0.141 e. The first-order valence-electron chi connectivity index (χ1n) is 3.48. The molecule has 1 rings (SSSR count). The number of nitrogens with zero attached hydrogens (tertiary/aromatic N) is 1. The van der Waals surface area contributed by atoms with Crippen molar-refractivity contribution in [2.24, 2.45) is 5.73 Å². The number of ether oxygens (including phenoxy) is 1. The van der Waals surface area contributed by atoms with Gasteiger partial charge in [-0.25, -0.2) is 0 Å². The number of aryl methyl sites for hydroxylation is 1. The van der Waals surface area contributed by atoms with Gasteiger partial charge in [0.2, 0.25) is 0 Å². The van der Waals surface area contributed by atoms with Crippen molar-refractivity contribution in [1.82, 2.24) is 4.98 Å². The van der Waals surface area contributed by atoms with Gasteiger partial charge < -0.3 is 10.5 Å². The van der Waals surface area contributed by atoms with Gasteiger partial charge in [0, 0.05) is 12.2 Å². The Hall–Kier alpha value is -0.510. The second kappa shape index (κ2) is 6.95. The fourth-order valence-corrected chi connectivity index (χ4v) is 0.930. The molecule has 0 aliphatic carbocycles. The predicted molar refractivity (Wildman–Crippen MR) is 57.9 cm³/mol. The zero-order valence-electron chi connectivity index (χ0n) is 7.61. The van der Waals surface area contributed by atoms with Crippen molar-refractivity contribution in [2.75, 3.05) is 7.11 Å². The van der Waals surface area contributed by atoms with Crippen LogP contribution >= 0.6 is 24.8 Å². The molecule has 1 aromatic heterocycles. The summed E-state index contributed by atoms with van der Waals surface area (Å²) in [6, 6.07) is 3.78. The number of hydrogen-bond acceptors (Lipinski definition) is 3. The van der Waals surface area contributed by atoms with Crippen LogP contribution < -0.4 is 10.5 Å². The number of hydrogen-bond donors (Lipinski definition) is 1. The molecule has 1 aromatic rings. The fourth-order valence-electron chi connectivity index (χ4n) is 0.930. The van der Waals surface area contributed by atoms with E-state index < -0.39 is 0 Å². The average molecular weight is 225 g/mol. The maximum atomic E-state index is 5.45. The Labute approximate surface area is 90.5 Å². The van der Waals surface area contributed by atoms with E-state index in [0.29, 0.717) is 6.54 Å². The van der Waals surface area contributed by atoms with Crippen LogP contribution in [0.4, 0.5) is 0 Å². The lowest BCUT2D eigenvalue weighted by molar-refractivity contribution is 0.406. The van der Waals surface area contributed by atoms with Gasteiger partial charge in [-0.2, -0.15) is 0 Å². The quantitative estimate of drug-likeness (QED) is 0.833. The third kappa shape index (κ3) is 3.81. The molecular weight excluding hydrogens is 211 g/mol. The molecule has 0 radical (unpaired) electrons. The predicted octanol–water partition coefficient (Wildman–Crippen LogP) is 1.70. The van der Waals surface area contributed by atoms with Gasteiger partial charge in [-0.3, -0.25) is 4.98 Å². The van der Waals surface area contributed by atoms with Crippen LogP contribution in [0.25, 0.3) is 0 Å². The molecule has 0 saturated heterocycles. The standard InChI is InChI=1S/C8H12N2O.2ClH/c1-6-3-4-8(11-2)7(5-9)10-6;;/h3-4H,5,9H2,1-2H3;2*1H. The van der Waals surface area contributed by atoms with Crippen LogP contribution in [0.1, 0.15) is 11.4 Å². The van der Waals surface area contributed by atoms with Gasteiger partial charge in [0.15, 0.2) is 0 Å². The van der Waals surface area contributed by atoms with Crippen LogP contribution in [0.3, 0.4) is 0 Å². The van der Waals surface area contributed by atoms with Crippen molar-refractivity contribution in [3.05, 3.63) is 23.5 Å². The third-order valence-electron chi connectivity index (χ3n) is 1.48. The topological polar surface area (TPSA) is 48.1 Å². The van der Waals surface area contributed by atoms with Crippen molar-refractivity contribution < 1.29 is 4.74 Å². The highest BCUT2D eigenvalue weighted by Crippen LogP contribution is 2.14. The van der Waals surface area contributed by atoms with E-state index in [2.05, 4.69) is 4.98 Å². The summed E-state index contributed by atoms with van der Waals surface area (Å²) in [5.41, 5.74) is 7.23. The summed E-state index contributed by atoms with van der Waals surface area (Å²) in [5.74, 6) is 0.762. The highest BCUT2D eigenvalue weighted by atomic mass is 35.5. The lowest BCUT2D eigenvalue weighted by Gasteiger charge is -2.05. The highest BCUT2D eigenvalue weighted by molar-refractivity contribution is 5.85. The van der Waals surface area contributed by atoms with Crippen LogP contribution in [-0.4, -0.2) is 12.1 Å². The minimum atomic E-state index is 0. The number of nitrogens with two attached hydrogens (primary N) is 1. The first-order chi connectivity index (χ1) is 5.27. The summed E-state index contributed by atoms with van der Waals surface area (Å²) in [6.07, 6.45) is 0. The zero-order chi connectivity index (χ0) is 8.27. The van der Waals surface area contributed by atoms with E-state index in [9.17, 15) is 0 Å². The van der Waals surface area contributed by atoms with Gasteiger partial charge >= 0.3 is 0 Å². The molecule has 2 N–H and O–H groups in total. The van der Waals surface area contributed by atoms with E-state index in [0.717, 1.165) is 17.1 Å². The Bertz CT molecular complexity index is 256. The lowest BCUT2D eigenvalue weighted by atomic mass is 10.3. The molecule has 0 aliphatic rings. The molecule has 76 valence electrons. The van der Waals surface area contributed by atoms with Gasteiger partial charge in [0.05, 0.1) is 12.8 Å². The van der Waals surface area contributed by atoms with E-state index >= 15 is 0 Å². The van der Waals surface area contributed by atoms with Gasteiger partial charge in [0.25, 0.3) is 0 Å². The molecule has 0 atom stereocenters. The SMILES string of the molecule is COc1ccc(C)nc1CN.Cl.Cl. The second-order valence-corrected chi connectivity index (χ2v) is 2.31. The molecule has 0 bridgehead atoms. The molecule has 0 fully saturated rings. The second-order valence-electron chi connectivity index (χ2n) is 2.31. The van der Waals surface area contributed by atoms with Crippen LogP contribution in [0, 0.1) is 6.92 Å². The molecular formula is C8H14Cl2N2O. The molecule has 0 saturated carbocycles. The van der Waals surface area contributed by atoms with Crippen molar-refractivity contribution in [3.8, 4) is 5.75 Å². The maximum absolute atomic E-state index is 5.45. The van der Waals surface area contributed by atoms with Crippen LogP contribution in [-0.2, 0) is 6.54 Å². The molecule has 0 spiro atoms. The maximum Gasteiger partial charge on any atom is 0.141 e. The van der Waals surface area contributed by atoms with E-state index in [1.54, 1.807) is 7.11 Å². The molecule has 3 nitrogen and oxygen atoms in total.